The van der Waals surface area contributed by atoms with Crippen LogP contribution in [0.15, 0.2) is 40.9 Å². The van der Waals surface area contributed by atoms with Crippen molar-refractivity contribution in [3.63, 3.8) is 0 Å². The number of nitrogens with zero attached hydrogens (tertiary/aromatic N) is 2. The summed E-state index contributed by atoms with van der Waals surface area (Å²) in [7, 11) is -3.54. The van der Waals surface area contributed by atoms with Crippen molar-refractivity contribution >= 4 is 33.7 Å². The average molecular weight is 413 g/mol. The van der Waals surface area contributed by atoms with Crippen molar-refractivity contribution in [3.8, 4) is 0 Å². The minimum absolute atomic E-state index is 0.00721. The lowest BCUT2D eigenvalue weighted by Crippen LogP contribution is -2.40. The molecule has 1 aliphatic heterocycles. The van der Waals surface area contributed by atoms with Gasteiger partial charge in [0.05, 0.1) is 10.8 Å². The van der Waals surface area contributed by atoms with E-state index in [1.807, 2.05) is 0 Å². The van der Waals surface area contributed by atoms with Crippen LogP contribution in [0.3, 0.4) is 0 Å². The monoisotopic (exact) mass is 412 g/mol. The Morgan fingerprint density at radius 3 is 2.52 bits per heavy atom. The lowest BCUT2D eigenvalue weighted by Gasteiger charge is -2.19. The van der Waals surface area contributed by atoms with Crippen molar-refractivity contribution in [2.45, 2.75) is 35.6 Å². The first-order valence-electron chi connectivity index (χ1n) is 8.71. The first-order valence-corrected chi connectivity index (χ1v) is 11.1. The van der Waals surface area contributed by atoms with Crippen LogP contribution in [0, 0.1) is 0 Å². The number of carbonyl (C=O) groups is 2. The fourth-order valence-electron chi connectivity index (χ4n) is 2.55. The number of aromatic nitrogens is 1. The normalized spacial score (nSPS) is 15.6. The summed E-state index contributed by atoms with van der Waals surface area (Å²) in [6.07, 6.45) is 6.66. The molecule has 10 heteroatoms. The molecule has 0 unspecified atom stereocenters. The largest absolute Gasteiger partial charge is 0.334 e. The molecule has 0 spiro atoms. The predicted octanol–water partition coefficient (Wildman–Crippen LogP) is 1.75. The highest BCUT2D eigenvalue weighted by molar-refractivity contribution is 7.99. The topological polar surface area (TPSA) is 108 Å². The zero-order valence-corrected chi connectivity index (χ0v) is 16.7. The van der Waals surface area contributed by atoms with Gasteiger partial charge in [-0.1, -0.05) is 30.7 Å². The predicted molar refractivity (Wildman–Crippen MR) is 104 cm³/mol. The Morgan fingerprint density at radius 1 is 1.22 bits per heavy atom. The number of pyridine rings is 1. The highest BCUT2D eigenvalue weighted by atomic mass is 32.2. The molecule has 1 saturated heterocycles. The third-order valence-electron chi connectivity index (χ3n) is 3.92. The summed E-state index contributed by atoms with van der Waals surface area (Å²) in [6, 6.07) is 2.48. The second kappa shape index (κ2) is 10.4. The smallest absolute Gasteiger partial charge is 0.321 e. The highest BCUT2D eigenvalue weighted by Crippen LogP contribution is 2.22. The minimum atomic E-state index is -3.54. The van der Waals surface area contributed by atoms with Crippen LogP contribution < -0.4 is 10.6 Å². The van der Waals surface area contributed by atoms with E-state index < -0.39 is 22.0 Å². The van der Waals surface area contributed by atoms with E-state index in [0.29, 0.717) is 18.1 Å². The SMILES string of the molecule is C=CCNC(=O)NC(=O)CSc1ccc(S(=O)(=O)N2CCCCCC2)cn1. The number of sulfonamides is 1. The number of rotatable bonds is 7. The van der Waals surface area contributed by atoms with Crippen LogP contribution in [0.4, 0.5) is 4.79 Å². The van der Waals surface area contributed by atoms with Gasteiger partial charge in [-0.25, -0.2) is 18.2 Å². The number of hydrogen-bond donors (Lipinski definition) is 2. The van der Waals surface area contributed by atoms with Gasteiger partial charge >= 0.3 is 6.03 Å². The number of amides is 3. The molecular formula is C17H24N4O4S2. The summed E-state index contributed by atoms with van der Waals surface area (Å²) < 4.78 is 26.9. The Labute approximate surface area is 163 Å². The Morgan fingerprint density at radius 2 is 1.93 bits per heavy atom. The quantitative estimate of drug-likeness (QED) is 0.522. The first kappa shape index (κ1) is 21.4. The van der Waals surface area contributed by atoms with E-state index in [9.17, 15) is 18.0 Å². The molecule has 1 aromatic heterocycles. The molecule has 0 bridgehead atoms. The molecule has 27 heavy (non-hydrogen) atoms. The van der Waals surface area contributed by atoms with Gasteiger partial charge < -0.3 is 5.32 Å². The maximum absolute atomic E-state index is 12.7. The second-order valence-corrected chi connectivity index (χ2v) is 8.92. The molecule has 2 heterocycles. The van der Waals surface area contributed by atoms with Crippen molar-refractivity contribution in [2.24, 2.45) is 0 Å². The number of nitrogens with one attached hydrogen (secondary N) is 2. The molecule has 2 N–H and O–H groups in total. The molecule has 0 aromatic carbocycles. The molecule has 0 atom stereocenters. The number of thioether (sulfide) groups is 1. The minimum Gasteiger partial charge on any atom is -0.334 e. The summed E-state index contributed by atoms with van der Waals surface area (Å²) in [4.78, 5) is 27.4. The van der Waals surface area contributed by atoms with E-state index in [0.717, 1.165) is 37.4 Å². The van der Waals surface area contributed by atoms with E-state index in [2.05, 4.69) is 22.2 Å². The van der Waals surface area contributed by atoms with Crippen LogP contribution in [0.5, 0.6) is 0 Å². The van der Waals surface area contributed by atoms with Crippen LogP contribution in [0.25, 0.3) is 0 Å². The summed E-state index contributed by atoms with van der Waals surface area (Å²) >= 11 is 1.12. The van der Waals surface area contributed by atoms with Gasteiger partial charge in [-0.15, -0.1) is 6.58 Å². The number of imide groups is 1. The van der Waals surface area contributed by atoms with Gasteiger partial charge in [0.1, 0.15) is 4.90 Å². The van der Waals surface area contributed by atoms with Crippen LogP contribution in [-0.2, 0) is 14.8 Å². The summed E-state index contributed by atoms with van der Waals surface area (Å²) in [6.45, 7) is 4.79. The zero-order chi connectivity index (χ0) is 19.7. The number of urea groups is 1. The van der Waals surface area contributed by atoms with E-state index in [1.165, 1.54) is 22.6 Å². The standard InChI is InChI=1S/C17H24N4O4S2/c1-2-9-18-17(23)20-15(22)13-26-16-8-7-14(12-19-16)27(24,25)21-10-5-3-4-6-11-21/h2,7-8,12H,1,3-6,9-11,13H2,(H2,18,20,22,23). The van der Waals surface area contributed by atoms with Crippen LogP contribution in [0.2, 0.25) is 0 Å². The molecule has 8 nitrogen and oxygen atoms in total. The number of carbonyl (C=O) groups excluding carboxylic acids is 2. The van der Waals surface area contributed by atoms with Crippen molar-refractivity contribution in [3.05, 3.63) is 31.0 Å². The molecule has 2 rings (SSSR count). The Kier molecular flexibility index (Phi) is 8.26. The molecule has 148 valence electrons. The Balaban J connectivity index is 1.89. The fourth-order valence-corrected chi connectivity index (χ4v) is 4.65. The van der Waals surface area contributed by atoms with Gasteiger partial charge in [-0.3, -0.25) is 10.1 Å². The molecule has 1 aromatic rings. The fraction of sp³-hybridized carbons (Fsp3) is 0.471. The van der Waals surface area contributed by atoms with Crippen molar-refractivity contribution in [1.29, 1.82) is 0 Å². The highest BCUT2D eigenvalue weighted by Gasteiger charge is 2.25. The van der Waals surface area contributed by atoms with Gasteiger partial charge in [-0.2, -0.15) is 4.31 Å². The molecule has 0 saturated carbocycles. The third-order valence-corrected chi connectivity index (χ3v) is 6.75. The van der Waals surface area contributed by atoms with Crippen LogP contribution in [-0.4, -0.2) is 55.0 Å². The van der Waals surface area contributed by atoms with Gasteiger partial charge in [0.15, 0.2) is 0 Å². The summed E-state index contributed by atoms with van der Waals surface area (Å²) in [5.41, 5.74) is 0. The molecule has 0 aliphatic carbocycles. The molecule has 1 fully saturated rings. The maximum Gasteiger partial charge on any atom is 0.321 e. The molecule has 0 radical (unpaired) electrons. The first-order chi connectivity index (χ1) is 12.9. The second-order valence-electron chi connectivity index (χ2n) is 5.99. The van der Waals surface area contributed by atoms with E-state index in [1.54, 1.807) is 6.07 Å². The molecular weight excluding hydrogens is 388 g/mol. The average Bonchev–Trinajstić information content (AvgIpc) is 2.95. The van der Waals surface area contributed by atoms with Gasteiger partial charge in [0.25, 0.3) is 0 Å². The van der Waals surface area contributed by atoms with Crippen molar-refractivity contribution in [1.82, 2.24) is 19.9 Å². The van der Waals surface area contributed by atoms with E-state index in [4.69, 9.17) is 0 Å². The van der Waals surface area contributed by atoms with Crippen molar-refractivity contribution < 1.29 is 18.0 Å². The number of hydrogen-bond acceptors (Lipinski definition) is 6. The van der Waals surface area contributed by atoms with Crippen molar-refractivity contribution in [2.75, 3.05) is 25.4 Å². The third kappa shape index (κ3) is 6.64. The molecule has 1 aliphatic rings. The summed E-state index contributed by atoms with van der Waals surface area (Å²) in [5.74, 6) is -0.475. The lowest BCUT2D eigenvalue weighted by atomic mass is 10.2. The Bertz CT molecular complexity index is 758. The van der Waals surface area contributed by atoms with Gasteiger partial charge in [0.2, 0.25) is 15.9 Å². The van der Waals surface area contributed by atoms with E-state index >= 15 is 0 Å². The lowest BCUT2D eigenvalue weighted by molar-refractivity contribution is -0.117. The van der Waals surface area contributed by atoms with Gasteiger partial charge in [-0.05, 0) is 25.0 Å². The van der Waals surface area contributed by atoms with Gasteiger partial charge in [0, 0.05) is 25.8 Å². The van der Waals surface area contributed by atoms with Crippen LogP contribution in [0.1, 0.15) is 25.7 Å². The summed E-state index contributed by atoms with van der Waals surface area (Å²) in [5, 5.41) is 5.12. The van der Waals surface area contributed by atoms with E-state index in [-0.39, 0.29) is 17.2 Å². The zero-order valence-electron chi connectivity index (χ0n) is 15.0. The Hall–Kier alpha value is -1.91. The van der Waals surface area contributed by atoms with Crippen LogP contribution >= 0.6 is 11.8 Å². The molecule has 3 amide bonds. The maximum atomic E-state index is 12.7.